The summed E-state index contributed by atoms with van der Waals surface area (Å²) < 4.78 is 0. The van der Waals surface area contributed by atoms with Crippen LogP contribution in [0.25, 0.3) is 0 Å². The van der Waals surface area contributed by atoms with E-state index in [1.54, 1.807) is 12.1 Å². The van der Waals surface area contributed by atoms with Gasteiger partial charge in [-0.2, -0.15) is 0 Å². The SMILES string of the molecule is CC(C)(C)c1ccccc1NC(=O)CNc1cccc(Cl)c1. The third kappa shape index (κ3) is 4.50. The van der Waals surface area contributed by atoms with Crippen LogP contribution in [0.3, 0.4) is 0 Å². The van der Waals surface area contributed by atoms with Gasteiger partial charge in [-0.15, -0.1) is 0 Å². The van der Waals surface area contributed by atoms with E-state index in [-0.39, 0.29) is 17.9 Å². The number of para-hydroxylation sites is 1. The highest BCUT2D eigenvalue weighted by atomic mass is 35.5. The monoisotopic (exact) mass is 316 g/mol. The van der Waals surface area contributed by atoms with Crippen LogP contribution in [0.1, 0.15) is 26.3 Å². The Morgan fingerprint density at radius 3 is 2.50 bits per heavy atom. The highest BCUT2D eigenvalue weighted by Gasteiger charge is 2.18. The van der Waals surface area contributed by atoms with E-state index >= 15 is 0 Å². The molecule has 0 heterocycles. The second-order valence-electron chi connectivity index (χ2n) is 6.21. The molecule has 1 amide bonds. The molecule has 0 radical (unpaired) electrons. The predicted octanol–water partition coefficient (Wildman–Crippen LogP) is 4.69. The molecule has 3 nitrogen and oxygen atoms in total. The van der Waals surface area contributed by atoms with Crippen LogP contribution >= 0.6 is 11.6 Å². The van der Waals surface area contributed by atoms with Crippen LogP contribution in [-0.2, 0) is 10.2 Å². The molecule has 2 aromatic carbocycles. The molecule has 0 saturated carbocycles. The van der Waals surface area contributed by atoms with E-state index in [2.05, 4.69) is 31.4 Å². The van der Waals surface area contributed by atoms with Crippen LogP contribution in [0.15, 0.2) is 48.5 Å². The minimum absolute atomic E-state index is 0.0236. The van der Waals surface area contributed by atoms with E-state index in [0.29, 0.717) is 5.02 Å². The van der Waals surface area contributed by atoms with Crippen LogP contribution in [0.4, 0.5) is 11.4 Å². The standard InChI is InChI=1S/C18H21ClN2O/c1-18(2,3)15-9-4-5-10-16(15)21-17(22)12-20-14-8-6-7-13(19)11-14/h4-11,20H,12H2,1-3H3,(H,21,22). The van der Waals surface area contributed by atoms with Gasteiger partial charge in [0.15, 0.2) is 0 Å². The van der Waals surface area contributed by atoms with Gasteiger partial charge in [-0.05, 0) is 35.2 Å². The van der Waals surface area contributed by atoms with E-state index in [9.17, 15) is 4.79 Å². The number of anilines is 2. The predicted molar refractivity (Wildman–Crippen MR) is 93.7 cm³/mol. The van der Waals surface area contributed by atoms with Gasteiger partial charge >= 0.3 is 0 Å². The molecule has 22 heavy (non-hydrogen) atoms. The van der Waals surface area contributed by atoms with Gasteiger partial charge in [0, 0.05) is 16.4 Å². The maximum atomic E-state index is 12.1. The molecule has 116 valence electrons. The molecule has 2 N–H and O–H groups in total. The van der Waals surface area contributed by atoms with E-state index in [4.69, 9.17) is 11.6 Å². The van der Waals surface area contributed by atoms with Crippen molar-refractivity contribution in [2.45, 2.75) is 26.2 Å². The summed E-state index contributed by atoms with van der Waals surface area (Å²) in [5.41, 5.74) is 2.77. The summed E-state index contributed by atoms with van der Waals surface area (Å²) in [7, 11) is 0. The molecule has 0 saturated heterocycles. The Hall–Kier alpha value is -2.00. The van der Waals surface area contributed by atoms with Gasteiger partial charge in [-0.25, -0.2) is 0 Å². The topological polar surface area (TPSA) is 41.1 Å². The Labute approximate surface area is 136 Å². The van der Waals surface area contributed by atoms with Crippen molar-refractivity contribution in [3.63, 3.8) is 0 Å². The number of hydrogen-bond acceptors (Lipinski definition) is 2. The zero-order valence-electron chi connectivity index (χ0n) is 13.1. The second kappa shape index (κ2) is 6.84. The quantitative estimate of drug-likeness (QED) is 0.859. The summed E-state index contributed by atoms with van der Waals surface area (Å²) in [4.78, 5) is 12.1. The van der Waals surface area contributed by atoms with Crippen molar-refractivity contribution in [3.8, 4) is 0 Å². The number of amides is 1. The number of hydrogen-bond donors (Lipinski definition) is 2. The Morgan fingerprint density at radius 2 is 1.82 bits per heavy atom. The molecule has 0 bridgehead atoms. The zero-order valence-corrected chi connectivity index (χ0v) is 13.9. The number of carbonyl (C=O) groups is 1. The maximum Gasteiger partial charge on any atom is 0.243 e. The lowest BCUT2D eigenvalue weighted by atomic mass is 9.86. The Bertz CT molecular complexity index is 662. The molecule has 0 aromatic heterocycles. The summed E-state index contributed by atoms with van der Waals surface area (Å²) in [6.45, 7) is 6.57. The van der Waals surface area contributed by atoms with E-state index < -0.39 is 0 Å². The molecule has 0 spiro atoms. The number of benzene rings is 2. The van der Waals surface area contributed by atoms with Crippen molar-refractivity contribution in [2.24, 2.45) is 0 Å². The van der Waals surface area contributed by atoms with Crippen LogP contribution in [0.2, 0.25) is 5.02 Å². The molecule has 0 aliphatic heterocycles. The maximum absolute atomic E-state index is 12.1. The van der Waals surface area contributed by atoms with Crippen molar-refractivity contribution >= 4 is 28.9 Å². The normalized spacial score (nSPS) is 11.1. The summed E-state index contributed by atoms with van der Waals surface area (Å²) in [5, 5.41) is 6.68. The average molecular weight is 317 g/mol. The molecule has 0 unspecified atom stereocenters. The molecule has 0 fully saturated rings. The summed E-state index contributed by atoms with van der Waals surface area (Å²) in [6, 6.07) is 15.2. The lowest BCUT2D eigenvalue weighted by Gasteiger charge is -2.23. The third-order valence-corrected chi connectivity index (χ3v) is 3.52. The van der Waals surface area contributed by atoms with Crippen molar-refractivity contribution in [3.05, 3.63) is 59.1 Å². The van der Waals surface area contributed by atoms with E-state index in [1.807, 2.05) is 36.4 Å². The van der Waals surface area contributed by atoms with Crippen molar-refractivity contribution in [1.82, 2.24) is 0 Å². The summed E-state index contributed by atoms with van der Waals surface area (Å²) in [5.74, 6) is -0.0864. The zero-order chi connectivity index (χ0) is 16.2. The minimum atomic E-state index is -0.0864. The van der Waals surface area contributed by atoms with Crippen molar-refractivity contribution in [2.75, 3.05) is 17.2 Å². The van der Waals surface area contributed by atoms with Crippen molar-refractivity contribution in [1.29, 1.82) is 0 Å². The lowest BCUT2D eigenvalue weighted by molar-refractivity contribution is -0.114. The number of nitrogens with one attached hydrogen (secondary N) is 2. The van der Waals surface area contributed by atoms with Gasteiger partial charge in [-0.3, -0.25) is 4.79 Å². The second-order valence-corrected chi connectivity index (χ2v) is 6.64. The average Bonchev–Trinajstić information content (AvgIpc) is 2.45. The Morgan fingerprint density at radius 1 is 1.09 bits per heavy atom. The van der Waals surface area contributed by atoms with Crippen LogP contribution in [-0.4, -0.2) is 12.5 Å². The first-order chi connectivity index (χ1) is 10.4. The molecule has 0 aliphatic rings. The minimum Gasteiger partial charge on any atom is -0.376 e. The smallest absolute Gasteiger partial charge is 0.243 e. The molecular formula is C18H21ClN2O. The van der Waals surface area contributed by atoms with E-state index in [1.165, 1.54) is 0 Å². The first-order valence-electron chi connectivity index (χ1n) is 7.25. The van der Waals surface area contributed by atoms with Gasteiger partial charge in [0.2, 0.25) is 5.91 Å². The fourth-order valence-corrected chi connectivity index (χ4v) is 2.41. The molecule has 2 aromatic rings. The number of halogens is 1. The van der Waals surface area contributed by atoms with Crippen LogP contribution in [0, 0.1) is 0 Å². The van der Waals surface area contributed by atoms with Crippen LogP contribution in [0.5, 0.6) is 0 Å². The third-order valence-electron chi connectivity index (χ3n) is 3.29. The van der Waals surface area contributed by atoms with Crippen LogP contribution < -0.4 is 10.6 Å². The Kier molecular flexibility index (Phi) is 5.09. The number of rotatable bonds is 4. The molecular weight excluding hydrogens is 296 g/mol. The highest BCUT2D eigenvalue weighted by molar-refractivity contribution is 6.30. The van der Waals surface area contributed by atoms with Gasteiger partial charge in [-0.1, -0.05) is 56.6 Å². The molecule has 0 aliphatic carbocycles. The fourth-order valence-electron chi connectivity index (χ4n) is 2.22. The highest BCUT2D eigenvalue weighted by Crippen LogP contribution is 2.29. The van der Waals surface area contributed by atoms with Crippen molar-refractivity contribution < 1.29 is 4.79 Å². The summed E-state index contributed by atoms with van der Waals surface area (Å²) >= 11 is 5.92. The van der Waals surface area contributed by atoms with Gasteiger partial charge in [0.05, 0.1) is 6.54 Å². The Balaban J connectivity index is 2.01. The van der Waals surface area contributed by atoms with Gasteiger partial charge in [0.25, 0.3) is 0 Å². The molecule has 2 rings (SSSR count). The first kappa shape index (κ1) is 16.4. The molecule has 4 heteroatoms. The first-order valence-corrected chi connectivity index (χ1v) is 7.63. The summed E-state index contributed by atoms with van der Waals surface area (Å²) in [6.07, 6.45) is 0. The van der Waals surface area contributed by atoms with Gasteiger partial charge < -0.3 is 10.6 Å². The number of carbonyl (C=O) groups excluding carboxylic acids is 1. The molecule has 0 atom stereocenters. The lowest BCUT2D eigenvalue weighted by Crippen LogP contribution is -2.24. The largest absolute Gasteiger partial charge is 0.376 e. The van der Waals surface area contributed by atoms with Gasteiger partial charge in [0.1, 0.15) is 0 Å². The fraction of sp³-hybridized carbons (Fsp3) is 0.278. The van der Waals surface area contributed by atoms with E-state index in [0.717, 1.165) is 16.9 Å².